The lowest BCUT2D eigenvalue weighted by atomic mass is 10.1. The van der Waals surface area contributed by atoms with Gasteiger partial charge in [-0.25, -0.2) is 4.79 Å². The van der Waals surface area contributed by atoms with E-state index in [1.807, 2.05) is 12.1 Å². The molecule has 1 aliphatic carbocycles. The maximum absolute atomic E-state index is 12.2. The molecular formula is C15H14ClN3O3. The third kappa shape index (κ3) is 2.69. The minimum atomic E-state index is -1.12. The second kappa shape index (κ2) is 5.46. The molecule has 0 radical (unpaired) electrons. The van der Waals surface area contributed by atoms with Gasteiger partial charge in [-0.15, -0.1) is 0 Å². The number of rotatable bonds is 4. The van der Waals surface area contributed by atoms with Crippen molar-refractivity contribution >= 4 is 29.2 Å². The van der Waals surface area contributed by atoms with Crippen LogP contribution in [0.25, 0.3) is 0 Å². The molecule has 1 heterocycles. The monoisotopic (exact) mass is 319 g/mol. The second-order valence-corrected chi connectivity index (χ2v) is 5.76. The molecule has 2 atom stereocenters. The van der Waals surface area contributed by atoms with Crippen molar-refractivity contribution in [1.29, 1.82) is 0 Å². The molecule has 22 heavy (non-hydrogen) atoms. The zero-order chi connectivity index (χ0) is 15.9. The standard InChI is InChI=1S/C15H14ClN3O3/c1-19-13(15(21)22)12(7-17-19)18-14(20)11-6-10(11)8-2-4-9(16)5-3-8/h2-5,7,10-11H,6H2,1H3,(H,18,20)(H,21,22). The van der Waals surface area contributed by atoms with Crippen LogP contribution < -0.4 is 5.32 Å². The lowest BCUT2D eigenvalue weighted by Crippen LogP contribution is -2.17. The van der Waals surface area contributed by atoms with Crippen LogP contribution in [-0.4, -0.2) is 26.8 Å². The van der Waals surface area contributed by atoms with Crippen LogP contribution in [0.3, 0.4) is 0 Å². The van der Waals surface area contributed by atoms with Crippen molar-refractivity contribution in [3.8, 4) is 0 Å². The zero-order valence-electron chi connectivity index (χ0n) is 11.8. The van der Waals surface area contributed by atoms with E-state index in [9.17, 15) is 9.59 Å². The molecule has 1 aromatic carbocycles. The Morgan fingerprint density at radius 3 is 2.68 bits per heavy atom. The van der Waals surface area contributed by atoms with Gasteiger partial charge in [-0.2, -0.15) is 5.10 Å². The summed E-state index contributed by atoms with van der Waals surface area (Å²) in [6.45, 7) is 0. The predicted molar refractivity (Wildman–Crippen MR) is 81.1 cm³/mol. The number of halogens is 1. The van der Waals surface area contributed by atoms with Crippen molar-refractivity contribution in [2.24, 2.45) is 13.0 Å². The molecule has 2 unspecified atom stereocenters. The van der Waals surface area contributed by atoms with Crippen LogP contribution in [0.2, 0.25) is 5.02 Å². The third-order valence-electron chi connectivity index (χ3n) is 3.82. The summed E-state index contributed by atoms with van der Waals surface area (Å²) in [6, 6.07) is 7.42. The van der Waals surface area contributed by atoms with Gasteiger partial charge in [0, 0.05) is 18.0 Å². The van der Waals surface area contributed by atoms with E-state index in [2.05, 4.69) is 10.4 Å². The first-order valence-corrected chi connectivity index (χ1v) is 7.17. The normalized spacial score (nSPS) is 19.7. The van der Waals surface area contributed by atoms with Gasteiger partial charge in [-0.1, -0.05) is 23.7 Å². The number of carboxylic acid groups (broad SMARTS) is 1. The Balaban J connectivity index is 1.69. The molecule has 2 aromatic rings. The summed E-state index contributed by atoms with van der Waals surface area (Å²) in [5.74, 6) is -1.30. The Morgan fingerprint density at radius 2 is 2.05 bits per heavy atom. The van der Waals surface area contributed by atoms with Gasteiger partial charge < -0.3 is 10.4 Å². The minimum absolute atomic E-state index is 0.0305. The Labute approximate surface area is 131 Å². The van der Waals surface area contributed by atoms with Crippen molar-refractivity contribution in [2.75, 3.05) is 5.32 Å². The van der Waals surface area contributed by atoms with Crippen LogP contribution in [0, 0.1) is 5.92 Å². The maximum atomic E-state index is 12.2. The van der Waals surface area contributed by atoms with Gasteiger partial charge in [0.1, 0.15) is 0 Å². The Kier molecular flexibility index (Phi) is 3.62. The molecule has 0 aliphatic heterocycles. The highest BCUT2D eigenvalue weighted by molar-refractivity contribution is 6.30. The smallest absolute Gasteiger partial charge is 0.356 e. The van der Waals surface area contributed by atoms with E-state index < -0.39 is 5.97 Å². The molecule has 1 aliphatic rings. The fraction of sp³-hybridized carbons (Fsp3) is 0.267. The first-order chi connectivity index (χ1) is 10.5. The fourth-order valence-corrected chi connectivity index (χ4v) is 2.70. The lowest BCUT2D eigenvalue weighted by molar-refractivity contribution is -0.117. The van der Waals surface area contributed by atoms with E-state index in [0.717, 1.165) is 12.0 Å². The molecule has 0 bridgehead atoms. The summed E-state index contributed by atoms with van der Waals surface area (Å²) < 4.78 is 1.22. The fourth-order valence-electron chi connectivity index (χ4n) is 2.57. The summed E-state index contributed by atoms with van der Waals surface area (Å²) in [6.07, 6.45) is 2.09. The number of aryl methyl sites for hydroxylation is 1. The molecule has 1 amide bonds. The molecule has 0 spiro atoms. The molecule has 6 nitrogen and oxygen atoms in total. The Hall–Kier alpha value is -2.34. The predicted octanol–water partition coefficient (Wildman–Crippen LogP) is 2.51. The number of amides is 1. The molecule has 3 rings (SSSR count). The number of carbonyl (C=O) groups excluding carboxylic acids is 1. The van der Waals surface area contributed by atoms with Crippen LogP contribution in [0.15, 0.2) is 30.5 Å². The number of carboxylic acids is 1. The van der Waals surface area contributed by atoms with E-state index in [-0.39, 0.29) is 29.1 Å². The van der Waals surface area contributed by atoms with E-state index in [1.165, 1.54) is 17.9 Å². The largest absolute Gasteiger partial charge is 0.476 e. The minimum Gasteiger partial charge on any atom is -0.476 e. The first kappa shape index (κ1) is 14.6. The van der Waals surface area contributed by atoms with Crippen molar-refractivity contribution < 1.29 is 14.7 Å². The summed E-state index contributed by atoms with van der Waals surface area (Å²) in [4.78, 5) is 23.4. The number of anilines is 1. The van der Waals surface area contributed by atoms with Crippen molar-refractivity contribution in [1.82, 2.24) is 9.78 Å². The SMILES string of the molecule is Cn1ncc(NC(=O)C2CC2c2ccc(Cl)cc2)c1C(=O)O. The highest BCUT2D eigenvalue weighted by Crippen LogP contribution is 2.48. The molecule has 114 valence electrons. The van der Waals surface area contributed by atoms with Gasteiger partial charge in [0.05, 0.1) is 11.9 Å². The maximum Gasteiger partial charge on any atom is 0.356 e. The van der Waals surface area contributed by atoms with Crippen molar-refractivity contribution in [3.05, 3.63) is 46.7 Å². The quantitative estimate of drug-likeness (QED) is 0.907. The first-order valence-electron chi connectivity index (χ1n) is 6.79. The highest BCUT2D eigenvalue weighted by Gasteiger charge is 2.44. The lowest BCUT2D eigenvalue weighted by Gasteiger charge is -2.05. The highest BCUT2D eigenvalue weighted by atomic mass is 35.5. The summed E-state index contributed by atoms with van der Waals surface area (Å²) in [5.41, 5.74) is 1.26. The third-order valence-corrected chi connectivity index (χ3v) is 4.08. The van der Waals surface area contributed by atoms with Crippen LogP contribution in [0.4, 0.5) is 5.69 Å². The van der Waals surface area contributed by atoms with Crippen molar-refractivity contribution in [2.45, 2.75) is 12.3 Å². The number of aromatic carboxylic acids is 1. The Morgan fingerprint density at radius 1 is 1.36 bits per heavy atom. The molecular weight excluding hydrogens is 306 g/mol. The van der Waals surface area contributed by atoms with Crippen LogP contribution in [0.5, 0.6) is 0 Å². The van der Waals surface area contributed by atoms with E-state index in [1.54, 1.807) is 12.1 Å². The summed E-state index contributed by atoms with van der Waals surface area (Å²) >= 11 is 5.85. The number of nitrogens with zero attached hydrogens (tertiary/aromatic N) is 2. The summed E-state index contributed by atoms with van der Waals surface area (Å²) in [7, 11) is 1.52. The molecule has 1 fully saturated rings. The molecule has 1 aromatic heterocycles. The number of carbonyl (C=O) groups is 2. The number of hydrogen-bond acceptors (Lipinski definition) is 3. The van der Waals surface area contributed by atoms with Gasteiger partial charge in [-0.3, -0.25) is 9.48 Å². The topological polar surface area (TPSA) is 84.2 Å². The van der Waals surface area contributed by atoms with E-state index in [0.29, 0.717) is 5.02 Å². The van der Waals surface area contributed by atoms with Gasteiger partial charge in [0.25, 0.3) is 0 Å². The second-order valence-electron chi connectivity index (χ2n) is 5.33. The average molecular weight is 320 g/mol. The molecule has 1 saturated carbocycles. The number of aromatic nitrogens is 2. The van der Waals surface area contributed by atoms with Crippen LogP contribution in [0.1, 0.15) is 28.4 Å². The molecule has 0 saturated heterocycles. The molecule has 2 N–H and O–H groups in total. The summed E-state index contributed by atoms with van der Waals surface area (Å²) in [5, 5.41) is 16.3. The average Bonchev–Trinajstić information content (AvgIpc) is 3.18. The number of nitrogens with one attached hydrogen (secondary N) is 1. The number of hydrogen-bond donors (Lipinski definition) is 2. The molecule has 7 heteroatoms. The zero-order valence-corrected chi connectivity index (χ0v) is 12.5. The van der Waals surface area contributed by atoms with Gasteiger partial charge >= 0.3 is 5.97 Å². The van der Waals surface area contributed by atoms with Crippen LogP contribution in [-0.2, 0) is 11.8 Å². The van der Waals surface area contributed by atoms with E-state index >= 15 is 0 Å². The number of benzene rings is 1. The van der Waals surface area contributed by atoms with Crippen molar-refractivity contribution in [3.63, 3.8) is 0 Å². The van der Waals surface area contributed by atoms with Crippen LogP contribution >= 0.6 is 11.6 Å². The Bertz CT molecular complexity index is 739. The van der Waals surface area contributed by atoms with E-state index in [4.69, 9.17) is 16.7 Å². The van der Waals surface area contributed by atoms with Gasteiger partial charge in [0.2, 0.25) is 5.91 Å². The van der Waals surface area contributed by atoms with Gasteiger partial charge in [0.15, 0.2) is 5.69 Å². The van der Waals surface area contributed by atoms with Gasteiger partial charge in [-0.05, 0) is 30.0 Å².